The molecule has 0 atom stereocenters. The zero-order valence-corrected chi connectivity index (χ0v) is 20.4. The zero-order valence-electron chi connectivity index (χ0n) is 19.6. The van der Waals surface area contributed by atoms with Crippen LogP contribution in [-0.2, 0) is 17.8 Å². The molecule has 35 heavy (non-hydrogen) atoms. The maximum absolute atomic E-state index is 13.1. The fraction of sp³-hybridized carbons (Fsp3) is 0.172. The van der Waals surface area contributed by atoms with Gasteiger partial charge in [-0.15, -0.1) is 11.3 Å². The molecule has 0 aliphatic rings. The van der Waals surface area contributed by atoms with Gasteiger partial charge in [0.2, 0.25) is 0 Å². The van der Waals surface area contributed by atoms with Gasteiger partial charge in [0.1, 0.15) is 5.75 Å². The first kappa shape index (κ1) is 22.9. The molecule has 6 heteroatoms. The first-order valence-electron chi connectivity index (χ1n) is 11.7. The Labute approximate surface area is 209 Å². The Hall–Kier alpha value is -3.90. The molecule has 3 aromatic carbocycles. The lowest BCUT2D eigenvalue weighted by atomic mass is 10.1. The normalized spacial score (nSPS) is 11.0. The van der Waals surface area contributed by atoms with Crippen LogP contribution in [0, 0.1) is 6.92 Å². The number of fused-ring (bicyclic) bond motifs is 1. The van der Waals surface area contributed by atoms with E-state index < -0.39 is 0 Å². The van der Waals surface area contributed by atoms with E-state index in [1.807, 2.05) is 65.6 Å². The molecule has 0 saturated carbocycles. The van der Waals surface area contributed by atoms with Gasteiger partial charge in [-0.2, -0.15) is 0 Å². The number of ether oxygens (including phenoxy) is 1. The smallest absolute Gasteiger partial charge is 0.260 e. The third kappa shape index (κ3) is 5.61. The average molecular weight is 482 g/mol. The number of hydrogen-bond acceptors (Lipinski definition) is 4. The number of carbonyl (C=O) groups excluding carboxylic acids is 1. The Morgan fingerprint density at radius 1 is 0.971 bits per heavy atom. The van der Waals surface area contributed by atoms with Gasteiger partial charge in [0.25, 0.3) is 5.91 Å². The molecule has 176 valence electrons. The lowest BCUT2D eigenvalue weighted by molar-refractivity contribution is -0.134. The largest absolute Gasteiger partial charge is 0.484 e. The molecule has 2 aromatic heterocycles. The quantitative estimate of drug-likeness (QED) is 0.259. The molecule has 0 spiro atoms. The number of thiazole rings is 1. The van der Waals surface area contributed by atoms with E-state index in [-0.39, 0.29) is 12.5 Å². The molecule has 0 fully saturated rings. The highest BCUT2D eigenvalue weighted by Crippen LogP contribution is 2.24. The predicted molar refractivity (Wildman–Crippen MR) is 141 cm³/mol. The second-order valence-electron chi connectivity index (χ2n) is 8.52. The Kier molecular flexibility index (Phi) is 6.91. The average Bonchev–Trinajstić information content (AvgIpc) is 3.48. The standard InChI is InChI=1S/C29H27N3O2S/c1-22-12-14-24(15-13-22)27-19-32-25(21-35-29(32)30-27)16-17-31(18-23-8-4-2-5-9-23)28(33)20-34-26-10-6-3-7-11-26/h2-15,19,21H,16-18,20H2,1H3. The Balaban J connectivity index is 1.31. The van der Waals surface area contributed by atoms with Gasteiger partial charge in [-0.3, -0.25) is 9.20 Å². The number of amides is 1. The lowest BCUT2D eigenvalue weighted by Gasteiger charge is -2.23. The monoisotopic (exact) mass is 481 g/mol. The first-order valence-corrected chi connectivity index (χ1v) is 12.6. The maximum atomic E-state index is 13.1. The van der Waals surface area contributed by atoms with Gasteiger partial charge < -0.3 is 9.64 Å². The molecule has 0 N–H and O–H groups in total. The highest BCUT2D eigenvalue weighted by Gasteiger charge is 2.17. The summed E-state index contributed by atoms with van der Waals surface area (Å²) < 4.78 is 7.89. The molecule has 0 saturated heterocycles. The number of nitrogens with zero attached hydrogens (tertiary/aromatic N) is 3. The summed E-state index contributed by atoms with van der Waals surface area (Å²) in [5, 5.41) is 2.13. The number of aryl methyl sites for hydroxylation is 1. The topological polar surface area (TPSA) is 46.8 Å². The molecule has 0 bridgehead atoms. The van der Waals surface area contributed by atoms with Gasteiger partial charge in [0, 0.05) is 42.3 Å². The summed E-state index contributed by atoms with van der Waals surface area (Å²) >= 11 is 1.63. The molecule has 2 heterocycles. The van der Waals surface area contributed by atoms with Crippen LogP contribution >= 0.6 is 11.3 Å². The molecule has 1 amide bonds. The van der Waals surface area contributed by atoms with Crippen LogP contribution in [0.2, 0.25) is 0 Å². The van der Waals surface area contributed by atoms with Crippen molar-refractivity contribution in [2.75, 3.05) is 13.2 Å². The minimum Gasteiger partial charge on any atom is -0.484 e. The molecular weight excluding hydrogens is 454 g/mol. The summed E-state index contributed by atoms with van der Waals surface area (Å²) in [5.41, 5.74) is 5.55. The van der Waals surface area contributed by atoms with Gasteiger partial charge in [-0.05, 0) is 24.6 Å². The van der Waals surface area contributed by atoms with Crippen molar-refractivity contribution in [2.45, 2.75) is 19.9 Å². The number of para-hydroxylation sites is 1. The first-order chi connectivity index (χ1) is 17.2. The fourth-order valence-electron chi connectivity index (χ4n) is 3.97. The SMILES string of the molecule is Cc1ccc(-c2cn3c(CCN(Cc4ccccc4)C(=O)COc4ccccc4)csc3n2)cc1. The number of aromatic nitrogens is 2. The van der Waals surface area contributed by atoms with Gasteiger partial charge in [-0.1, -0.05) is 78.4 Å². The summed E-state index contributed by atoms with van der Waals surface area (Å²) in [5.74, 6) is 0.664. The van der Waals surface area contributed by atoms with Gasteiger partial charge >= 0.3 is 0 Å². The summed E-state index contributed by atoms with van der Waals surface area (Å²) in [6.07, 6.45) is 2.82. The highest BCUT2D eigenvalue weighted by atomic mass is 32.1. The van der Waals surface area contributed by atoms with Crippen molar-refractivity contribution in [1.82, 2.24) is 14.3 Å². The third-order valence-corrected chi connectivity index (χ3v) is 6.83. The minimum atomic E-state index is -0.0323. The zero-order chi connectivity index (χ0) is 24.0. The van der Waals surface area contributed by atoms with Crippen LogP contribution in [0.4, 0.5) is 0 Å². The number of carbonyl (C=O) groups is 1. The van der Waals surface area contributed by atoms with Gasteiger partial charge in [-0.25, -0.2) is 4.98 Å². The summed E-state index contributed by atoms with van der Waals surface area (Å²) in [4.78, 5) is 20.8. The fourth-order valence-corrected chi connectivity index (χ4v) is 4.88. The third-order valence-electron chi connectivity index (χ3n) is 5.94. The van der Waals surface area contributed by atoms with Gasteiger partial charge in [0.05, 0.1) is 5.69 Å². The van der Waals surface area contributed by atoms with Crippen LogP contribution in [0.15, 0.2) is 96.5 Å². The second kappa shape index (κ2) is 10.6. The van der Waals surface area contributed by atoms with Crippen LogP contribution in [0.25, 0.3) is 16.2 Å². The van der Waals surface area contributed by atoms with Crippen LogP contribution in [0.3, 0.4) is 0 Å². The van der Waals surface area contributed by atoms with Crippen LogP contribution < -0.4 is 4.74 Å². The Morgan fingerprint density at radius 2 is 1.69 bits per heavy atom. The van der Waals surface area contributed by atoms with Crippen LogP contribution in [0.1, 0.15) is 16.8 Å². The van der Waals surface area contributed by atoms with Crippen molar-refractivity contribution in [1.29, 1.82) is 0 Å². The van der Waals surface area contributed by atoms with E-state index in [1.54, 1.807) is 11.3 Å². The summed E-state index contributed by atoms with van der Waals surface area (Å²) in [7, 11) is 0. The van der Waals surface area contributed by atoms with Gasteiger partial charge in [0.15, 0.2) is 11.6 Å². The van der Waals surface area contributed by atoms with Crippen molar-refractivity contribution in [3.63, 3.8) is 0 Å². The van der Waals surface area contributed by atoms with Crippen molar-refractivity contribution >= 4 is 22.2 Å². The maximum Gasteiger partial charge on any atom is 0.260 e. The lowest BCUT2D eigenvalue weighted by Crippen LogP contribution is -2.36. The van der Waals surface area contributed by atoms with E-state index in [9.17, 15) is 4.79 Å². The molecule has 5 aromatic rings. The molecular formula is C29H27N3O2S. The minimum absolute atomic E-state index is 0.0124. The van der Waals surface area contributed by atoms with Crippen LogP contribution in [0.5, 0.6) is 5.75 Å². The highest BCUT2D eigenvalue weighted by molar-refractivity contribution is 7.15. The predicted octanol–water partition coefficient (Wildman–Crippen LogP) is 6.02. The Morgan fingerprint density at radius 3 is 2.43 bits per heavy atom. The molecule has 0 unspecified atom stereocenters. The van der Waals surface area contributed by atoms with E-state index in [0.29, 0.717) is 18.8 Å². The molecule has 0 aliphatic carbocycles. The van der Waals surface area contributed by atoms with Crippen LogP contribution in [-0.4, -0.2) is 33.3 Å². The number of rotatable bonds is 9. The molecule has 5 nitrogen and oxygen atoms in total. The van der Waals surface area contributed by atoms with E-state index in [1.165, 1.54) is 5.56 Å². The number of hydrogen-bond donors (Lipinski definition) is 0. The van der Waals surface area contributed by atoms with E-state index in [2.05, 4.69) is 47.2 Å². The number of imidazole rings is 1. The van der Waals surface area contributed by atoms with Crippen molar-refractivity contribution in [3.05, 3.63) is 113 Å². The summed E-state index contributed by atoms with van der Waals surface area (Å²) in [6.45, 7) is 3.24. The second-order valence-corrected chi connectivity index (χ2v) is 9.36. The van der Waals surface area contributed by atoms with E-state index >= 15 is 0 Å². The van der Waals surface area contributed by atoms with E-state index in [4.69, 9.17) is 9.72 Å². The number of benzene rings is 3. The molecule has 0 radical (unpaired) electrons. The van der Waals surface area contributed by atoms with E-state index in [0.717, 1.165) is 33.9 Å². The summed E-state index contributed by atoms with van der Waals surface area (Å²) in [6, 6.07) is 28.0. The van der Waals surface area contributed by atoms with Crippen molar-refractivity contribution in [3.8, 4) is 17.0 Å². The van der Waals surface area contributed by atoms with Crippen molar-refractivity contribution < 1.29 is 9.53 Å². The molecule has 5 rings (SSSR count). The Bertz CT molecular complexity index is 1390. The molecule has 0 aliphatic heterocycles. The van der Waals surface area contributed by atoms with Crippen molar-refractivity contribution in [2.24, 2.45) is 0 Å².